The highest BCUT2D eigenvalue weighted by Crippen LogP contribution is 2.22. The number of hydrogen-bond acceptors (Lipinski definition) is 3. The molecule has 0 saturated carbocycles. The monoisotopic (exact) mass is 302 g/mol. The van der Waals surface area contributed by atoms with Crippen LogP contribution in [0.15, 0.2) is 15.9 Å². The second-order valence-corrected chi connectivity index (χ2v) is 5.71. The molecular weight excluding hydrogens is 288 g/mol. The van der Waals surface area contributed by atoms with E-state index in [1.165, 1.54) is 24.2 Å². The fraction of sp³-hybridized carbons (Fsp3) is 0.545. The van der Waals surface area contributed by atoms with Crippen LogP contribution in [0.25, 0.3) is 0 Å². The molecule has 5 heteroatoms. The van der Waals surface area contributed by atoms with Gasteiger partial charge >= 0.3 is 0 Å². The maximum absolute atomic E-state index is 11.7. The van der Waals surface area contributed by atoms with E-state index < -0.39 is 0 Å². The number of amides is 1. The van der Waals surface area contributed by atoms with Gasteiger partial charge < -0.3 is 10.6 Å². The van der Waals surface area contributed by atoms with E-state index in [-0.39, 0.29) is 5.91 Å². The first-order chi connectivity index (χ1) is 7.77. The molecule has 2 rings (SSSR count). The van der Waals surface area contributed by atoms with Crippen molar-refractivity contribution in [3.05, 3.63) is 20.8 Å². The van der Waals surface area contributed by atoms with Crippen molar-refractivity contribution >= 4 is 33.2 Å². The predicted molar refractivity (Wildman–Crippen MR) is 70.0 cm³/mol. The topological polar surface area (TPSA) is 41.1 Å². The van der Waals surface area contributed by atoms with Gasteiger partial charge in [-0.25, -0.2) is 0 Å². The average Bonchev–Trinajstić information content (AvgIpc) is 2.88. The lowest BCUT2D eigenvalue weighted by Crippen LogP contribution is -2.30. The third kappa shape index (κ3) is 3.06. The molecule has 0 aliphatic carbocycles. The van der Waals surface area contributed by atoms with Crippen LogP contribution < -0.4 is 10.6 Å². The van der Waals surface area contributed by atoms with Crippen LogP contribution in [0, 0.1) is 0 Å². The van der Waals surface area contributed by atoms with Crippen LogP contribution in [0.5, 0.6) is 0 Å². The van der Waals surface area contributed by atoms with E-state index >= 15 is 0 Å². The SMILES string of the molecule is O=C(NCC[C@H]1CCCN1)c1sccc1Br. The molecular formula is C11H15BrN2OS. The van der Waals surface area contributed by atoms with Crippen molar-refractivity contribution in [1.29, 1.82) is 0 Å². The maximum atomic E-state index is 11.7. The Morgan fingerprint density at radius 3 is 3.19 bits per heavy atom. The first-order valence-electron chi connectivity index (χ1n) is 5.52. The van der Waals surface area contributed by atoms with Gasteiger partial charge in [-0.2, -0.15) is 0 Å². The molecule has 1 saturated heterocycles. The quantitative estimate of drug-likeness (QED) is 0.896. The van der Waals surface area contributed by atoms with Crippen molar-refractivity contribution in [2.45, 2.75) is 25.3 Å². The third-order valence-corrected chi connectivity index (χ3v) is 4.60. The summed E-state index contributed by atoms with van der Waals surface area (Å²) >= 11 is 4.83. The van der Waals surface area contributed by atoms with Crippen molar-refractivity contribution < 1.29 is 4.79 Å². The molecule has 0 spiro atoms. The summed E-state index contributed by atoms with van der Waals surface area (Å²) < 4.78 is 0.883. The zero-order chi connectivity index (χ0) is 11.4. The summed E-state index contributed by atoms with van der Waals surface area (Å²) in [6.07, 6.45) is 3.52. The summed E-state index contributed by atoms with van der Waals surface area (Å²) in [5.41, 5.74) is 0. The molecule has 1 fully saturated rings. The molecule has 16 heavy (non-hydrogen) atoms. The fourth-order valence-corrected chi connectivity index (χ4v) is 3.37. The Bertz CT molecular complexity index is 361. The fourth-order valence-electron chi connectivity index (χ4n) is 1.90. The van der Waals surface area contributed by atoms with Crippen molar-refractivity contribution in [2.75, 3.05) is 13.1 Å². The van der Waals surface area contributed by atoms with E-state index in [0.717, 1.165) is 28.9 Å². The Morgan fingerprint density at radius 1 is 1.69 bits per heavy atom. The Balaban J connectivity index is 1.73. The minimum Gasteiger partial charge on any atom is -0.351 e. The molecule has 1 aromatic rings. The van der Waals surface area contributed by atoms with Gasteiger partial charge in [0.1, 0.15) is 4.88 Å². The smallest absolute Gasteiger partial charge is 0.262 e. The van der Waals surface area contributed by atoms with Gasteiger partial charge in [-0.1, -0.05) is 0 Å². The zero-order valence-electron chi connectivity index (χ0n) is 8.96. The van der Waals surface area contributed by atoms with Crippen LogP contribution >= 0.6 is 27.3 Å². The number of carbonyl (C=O) groups excluding carboxylic acids is 1. The van der Waals surface area contributed by atoms with Crippen molar-refractivity contribution in [3.8, 4) is 0 Å². The van der Waals surface area contributed by atoms with Gasteiger partial charge in [0.2, 0.25) is 0 Å². The van der Waals surface area contributed by atoms with E-state index in [4.69, 9.17) is 0 Å². The second-order valence-electron chi connectivity index (χ2n) is 3.94. The number of carbonyl (C=O) groups is 1. The minimum absolute atomic E-state index is 0.0277. The van der Waals surface area contributed by atoms with Gasteiger partial charge in [0.05, 0.1) is 0 Å². The molecule has 1 aliphatic heterocycles. The number of nitrogens with one attached hydrogen (secondary N) is 2. The second kappa shape index (κ2) is 5.80. The lowest BCUT2D eigenvalue weighted by Gasteiger charge is -2.10. The third-order valence-electron chi connectivity index (χ3n) is 2.76. The van der Waals surface area contributed by atoms with E-state index in [1.807, 2.05) is 11.4 Å². The standard InChI is InChI=1S/C11H15BrN2OS/c12-9-4-7-16-10(9)11(15)14-6-3-8-2-1-5-13-8/h4,7-8,13H,1-3,5-6H2,(H,14,15)/t8-/m1/s1. The molecule has 0 radical (unpaired) electrons. The largest absolute Gasteiger partial charge is 0.351 e. The normalized spacial score (nSPS) is 19.9. The molecule has 88 valence electrons. The number of halogens is 1. The summed E-state index contributed by atoms with van der Waals surface area (Å²) in [6, 6.07) is 2.49. The number of hydrogen-bond donors (Lipinski definition) is 2. The summed E-state index contributed by atoms with van der Waals surface area (Å²) in [5.74, 6) is 0.0277. The number of rotatable bonds is 4. The highest BCUT2D eigenvalue weighted by atomic mass is 79.9. The molecule has 0 bridgehead atoms. The molecule has 2 heterocycles. The number of thiophene rings is 1. The van der Waals surface area contributed by atoms with Crippen molar-refractivity contribution in [1.82, 2.24) is 10.6 Å². The van der Waals surface area contributed by atoms with Crippen molar-refractivity contribution in [3.63, 3.8) is 0 Å². The van der Waals surface area contributed by atoms with E-state index in [1.54, 1.807) is 0 Å². The Labute approximate surface area is 108 Å². The van der Waals surface area contributed by atoms with E-state index in [0.29, 0.717) is 6.04 Å². The Morgan fingerprint density at radius 2 is 2.56 bits per heavy atom. The predicted octanol–water partition coefficient (Wildman–Crippen LogP) is 2.38. The first kappa shape index (κ1) is 12.1. The lowest BCUT2D eigenvalue weighted by molar-refractivity contribution is 0.0955. The molecule has 1 aromatic heterocycles. The maximum Gasteiger partial charge on any atom is 0.262 e. The zero-order valence-corrected chi connectivity index (χ0v) is 11.4. The van der Waals surface area contributed by atoms with Crippen LogP contribution in [0.2, 0.25) is 0 Å². The summed E-state index contributed by atoms with van der Waals surface area (Å²) in [7, 11) is 0. The van der Waals surface area contributed by atoms with Crippen LogP contribution in [0.4, 0.5) is 0 Å². The van der Waals surface area contributed by atoms with Gasteiger partial charge in [-0.3, -0.25) is 4.79 Å². The summed E-state index contributed by atoms with van der Waals surface area (Å²) in [5, 5.41) is 8.29. The van der Waals surface area contributed by atoms with Gasteiger partial charge in [-0.15, -0.1) is 11.3 Å². The molecule has 1 aliphatic rings. The highest BCUT2D eigenvalue weighted by Gasteiger charge is 2.15. The molecule has 0 unspecified atom stereocenters. The lowest BCUT2D eigenvalue weighted by atomic mass is 10.1. The molecule has 1 amide bonds. The van der Waals surface area contributed by atoms with Gasteiger partial charge in [0, 0.05) is 17.1 Å². The van der Waals surface area contributed by atoms with Crippen LogP contribution in [-0.2, 0) is 0 Å². The van der Waals surface area contributed by atoms with Crippen LogP contribution in [0.1, 0.15) is 28.9 Å². The summed E-state index contributed by atoms with van der Waals surface area (Å²) in [6.45, 7) is 1.87. The summed E-state index contributed by atoms with van der Waals surface area (Å²) in [4.78, 5) is 12.5. The highest BCUT2D eigenvalue weighted by molar-refractivity contribution is 9.10. The van der Waals surface area contributed by atoms with E-state index in [2.05, 4.69) is 26.6 Å². The minimum atomic E-state index is 0.0277. The van der Waals surface area contributed by atoms with Crippen LogP contribution in [-0.4, -0.2) is 25.0 Å². The van der Waals surface area contributed by atoms with Crippen LogP contribution in [0.3, 0.4) is 0 Å². The van der Waals surface area contributed by atoms with Gasteiger partial charge in [0.25, 0.3) is 5.91 Å². The molecule has 2 N–H and O–H groups in total. The molecule has 0 aromatic carbocycles. The van der Waals surface area contributed by atoms with Gasteiger partial charge in [-0.05, 0) is 53.2 Å². The first-order valence-corrected chi connectivity index (χ1v) is 7.19. The molecule has 1 atom stereocenters. The Hall–Kier alpha value is -0.390. The molecule has 3 nitrogen and oxygen atoms in total. The van der Waals surface area contributed by atoms with Crippen molar-refractivity contribution in [2.24, 2.45) is 0 Å². The Kier molecular flexibility index (Phi) is 4.37. The van der Waals surface area contributed by atoms with E-state index in [9.17, 15) is 4.79 Å². The van der Waals surface area contributed by atoms with Gasteiger partial charge in [0.15, 0.2) is 0 Å². The average molecular weight is 303 g/mol.